The van der Waals surface area contributed by atoms with Crippen molar-refractivity contribution in [3.63, 3.8) is 0 Å². The zero-order valence-corrected chi connectivity index (χ0v) is 22.7. The van der Waals surface area contributed by atoms with E-state index in [4.69, 9.17) is 14.2 Å². The van der Waals surface area contributed by atoms with Crippen LogP contribution in [0.25, 0.3) is 0 Å². The number of carboxylic acids is 1. The summed E-state index contributed by atoms with van der Waals surface area (Å²) in [4.78, 5) is 39.8. The lowest BCUT2D eigenvalue weighted by molar-refractivity contribution is -0.169. The highest BCUT2D eigenvalue weighted by Crippen LogP contribution is 2.65. The summed E-state index contributed by atoms with van der Waals surface area (Å²) >= 11 is 0. The Labute approximate surface area is 236 Å². The van der Waals surface area contributed by atoms with Gasteiger partial charge in [0.05, 0.1) is 24.5 Å². The summed E-state index contributed by atoms with van der Waals surface area (Å²) in [5, 5.41) is 34.5. The number of carboxylic acid groups (broad SMARTS) is 1. The number of likely N-dealkylation sites (N-methyl/N-ethyl adjacent to an activating group) is 1. The van der Waals surface area contributed by atoms with Gasteiger partial charge in [-0.15, -0.1) is 0 Å². The van der Waals surface area contributed by atoms with Crippen molar-refractivity contribution in [2.45, 2.75) is 61.0 Å². The lowest BCUT2D eigenvalue weighted by atomic mass is 9.50. The molecule has 0 aromatic heterocycles. The van der Waals surface area contributed by atoms with Crippen LogP contribution in [0.2, 0.25) is 0 Å². The van der Waals surface area contributed by atoms with Gasteiger partial charge < -0.3 is 39.7 Å². The Balaban J connectivity index is 1.25. The molecule has 2 aliphatic heterocycles. The molecule has 1 fully saturated rings. The maximum Gasteiger partial charge on any atom is 0.326 e. The third-order valence-corrected chi connectivity index (χ3v) is 9.14. The van der Waals surface area contributed by atoms with E-state index in [1.54, 1.807) is 31.4 Å². The van der Waals surface area contributed by atoms with E-state index in [0.717, 1.165) is 11.1 Å². The molecule has 2 aromatic carbocycles. The molecule has 2 aromatic rings. The van der Waals surface area contributed by atoms with E-state index in [2.05, 4.69) is 10.2 Å². The molecule has 2 aliphatic carbocycles. The largest absolute Gasteiger partial charge is 0.493 e. The van der Waals surface area contributed by atoms with Gasteiger partial charge in [-0.3, -0.25) is 9.59 Å². The topological polar surface area (TPSA) is 155 Å². The fourth-order valence-electron chi connectivity index (χ4n) is 7.16. The number of amides is 1. The Morgan fingerprint density at radius 1 is 1.20 bits per heavy atom. The van der Waals surface area contributed by atoms with E-state index in [1.807, 2.05) is 19.2 Å². The summed E-state index contributed by atoms with van der Waals surface area (Å²) in [6.07, 6.45) is -0.0814. The molecule has 6 atom stereocenters. The average Bonchev–Trinajstić information content (AvgIpc) is 3.32. The second-order valence-electron chi connectivity index (χ2n) is 11.2. The van der Waals surface area contributed by atoms with Gasteiger partial charge in [0.2, 0.25) is 0 Å². The Morgan fingerprint density at radius 2 is 1.95 bits per heavy atom. The first-order chi connectivity index (χ1) is 19.6. The number of esters is 1. The van der Waals surface area contributed by atoms with E-state index in [9.17, 15) is 29.7 Å². The fourth-order valence-corrected chi connectivity index (χ4v) is 7.16. The van der Waals surface area contributed by atoms with Crippen LogP contribution in [0, 0.1) is 0 Å². The number of hydrogen-bond acceptors (Lipinski definition) is 9. The molecule has 11 heteroatoms. The number of methoxy groups -OCH3 is 1. The normalized spacial score (nSPS) is 28.8. The van der Waals surface area contributed by atoms with Crippen LogP contribution in [0.5, 0.6) is 11.5 Å². The van der Waals surface area contributed by atoms with Crippen molar-refractivity contribution in [3.05, 3.63) is 71.0 Å². The molecular weight excluding hydrogens is 532 g/mol. The molecule has 4 N–H and O–H groups in total. The molecule has 4 aliphatic rings. The van der Waals surface area contributed by atoms with Crippen LogP contribution in [0.3, 0.4) is 0 Å². The lowest BCUT2D eigenvalue weighted by Crippen LogP contribution is -2.74. The molecule has 2 unspecified atom stereocenters. The minimum Gasteiger partial charge on any atom is -0.493 e. The molecular formula is C30H32N2O9. The Morgan fingerprint density at radius 3 is 2.66 bits per heavy atom. The standard InChI is InChI=1S/C30H32N2O9/c1-32-13-12-29-23-17-8-9-19(39-2)25(23)41-26(29)20(10-11-30(29,38)21(32)14-17)40-22(33)15-18(28(36)37)31-27(35)24(34)16-6-4-3-5-7-16/h3-10,18,21,24,26,34,38H,11-15H2,1-2H3,(H,31,35)(H,36,37)/t18-,21+,24-,26?,29?,30+/m0/s1. The Kier molecular flexibility index (Phi) is 6.55. The van der Waals surface area contributed by atoms with Gasteiger partial charge >= 0.3 is 11.9 Å². The van der Waals surface area contributed by atoms with E-state index in [1.165, 1.54) is 12.1 Å². The third-order valence-electron chi connectivity index (χ3n) is 9.14. The molecule has 1 amide bonds. The number of aliphatic hydroxyl groups is 2. The second-order valence-corrected chi connectivity index (χ2v) is 11.2. The Hall–Kier alpha value is -3.93. The van der Waals surface area contributed by atoms with Gasteiger partial charge in [0.1, 0.15) is 11.8 Å². The quantitative estimate of drug-likeness (QED) is 0.344. The molecule has 0 radical (unpaired) electrons. The number of nitrogens with zero attached hydrogens (tertiary/aromatic N) is 1. The smallest absolute Gasteiger partial charge is 0.326 e. The molecule has 41 heavy (non-hydrogen) atoms. The number of piperidine rings is 1. The van der Waals surface area contributed by atoms with Crippen molar-refractivity contribution in [2.75, 3.05) is 20.7 Å². The summed E-state index contributed by atoms with van der Waals surface area (Å²) in [6, 6.07) is 10.1. The minimum atomic E-state index is -1.64. The van der Waals surface area contributed by atoms with Crippen LogP contribution >= 0.6 is 0 Å². The summed E-state index contributed by atoms with van der Waals surface area (Å²) in [5.74, 6) is -2.08. The summed E-state index contributed by atoms with van der Waals surface area (Å²) < 4.78 is 17.8. The maximum atomic E-state index is 13.1. The van der Waals surface area contributed by atoms with Crippen LogP contribution < -0.4 is 14.8 Å². The molecule has 2 heterocycles. The van der Waals surface area contributed by atoms with Gasteiger partial charge in [0, 0.05) is 18.0 Å². The first-order valence-corrected chi connectivity index (χ1v) is 13.6. The monoisotopic (exact) mass is 564 g/mol. The van der Waals surface area contributed by atoms with Gasteiger partial charge in [-0.1, -0.05) is 36.4 Å². The first-order valence-electron chi connectivity index (χ1n) is 13.6. The van der Waals surface area contributed by atoms with Crippen molar-refractivity contribution in [1.29, 1.82) is 0 Å². The van der Waals surface area contributed by atoms with Crippen LogP contribution in [0.15, 0.2) is 54.3 Å². The van der Waals surface area contributed by atoms with Crippen molar-refractivity contribution in [2.24, 2.45) is 0 Å². The molecule has 2 bridgehead atoms. The van der Waals surface area contributed by atoms with E-state index in [-0.39, 0.29) is 23.8 Å². The van der Waals surface area contributed by atoms with Crippen molar-refractivity contribution in [1.82, 2.24) is 10.2 Å². The number of carbonyl (C=O) groups excluding carboxylic acids is 2. The highest BCUT2D eigenvalue weighted by atomic mass is 16.6. The third kappa shape index (κ3) is 4.02. The van der Waals surface area contributed by atoms with Gasteiger partial charge in [0.25, 0.3) is 5.91 Å². The number of ether oxygens (including phenoxy) is 3. The average molecular weight is 565 g/mol. The van der Waals surface area contributed by atoms with Crippen molar-refractivity contribution >= 4 is 17.8 Å². The number of benzene rings is 2. The van der Waals surface area contributed by atoms with Crippen LogP contribution in [-0.4, -0.2) is 82.6 Å². The number of nitrogens with one attached hydrogen (secondary N) is 1. The molecule has 216 valence electrons. The highest BCUT2D eigenvalue weighted by molar-refractivity contribution is 5.89. The summed E-state index contributed by atoms with van der Waals surface area (Å²) in [5.41, 5.74) is 0.138. The first kappa shape index (κ1) is 27.3. The maximum absolute atomic E-state index is 13.1. The van der Waals surface area contributed by atoms with Gasteiger partial charge in [-0.05, 0) is 49.7 Å². The zero-order valence-electron chi connectivity index (χ0n) is 22.7. The van der Waals surface area contributed by atoms with Crippen LogP contribution in [0.1, 0.15) is 42.1 Å². The number of likely N-dealkylation sites (tertiary alicyclic amines) is 1. The number of rotatable bonds is 8. The van der Waals surface area contributed by atoms with Gasteiger partial charge in [0.15, 0.2) is 23.7 Å². The molecule has 6 rings (SSSR count). The second kappa shape index (κ2) is 9.86. The molecule has 1 saturated heterocycles. The highest BCUT2D eigenvalue weighted by Gasteiger charge is 2.72. The summed E-state index contributed by atoms with van der Waals surface area (Å²) in [6.45, 7) is 0.695. The molecule has 1 spiro atoms. The summed E-state index contributed by atoms with van der Waals surface area (Å²) in [7, 11) is 3.53. The predicted molar refractivity (Wildman–Crippen MR) is 143 cm³/mol. The minimum absolute atomic E-state index is 0.176. The number of aliphatic hydroxyl groups excluding tert-OH is 1. The van der Waals surface area contributed by atoms with Gasteiger partial charge in [-0.25, -0.2) is 4.79 Å². The van der Waals surface area contributed by atoms with Crippen molar-refractivity contribution in [3.8, 4) is 11.5 Å². The lowest BCUT2D eigenvalue weighted by Gasteiger charge is -2.61. The SMILES string of the molecule is COc1ccc2c3c1OC1C(OC(=O)C[C@H](NC(=O)[C@@H](O)c4ccccc4)C(=O)O)=CC[C@@]4(O)[C@@H](C2)N(C)CCC314. The van der Waals surface area contributed by atoms with Gasteiger partial charge in [-0.2, -0.15) is 0 Å². The Bertz CT molecular complexity index is 1440. The molecule has 0 saturated carbocycles. The fraction of sp³-hybridized carbons (Fsp3) is 0.433. The van der Waals surface area contributed by atoms with Crippen LogP contribution in [0.4, 0.5) is 0 Å². The van der Waals surface area contributed by atoms with E-state index < -0.39 is 53.5 Å². The number of carbonyl (C=O) groups is 3. The predicted octanol–water partition coefficient (Wildman–Crippen LogP) is 1.21. The number of aliphatic carboxylic acids is 1. The van der Waals surface area contributed by atoms with Crippen LogP contribution in [-0.2, 0) is 31.0 Å². The number of hydrogen-bond donors (Lipinski definition) is 4. The molecule has 11 nitrogen and oxygen atoms in total. The van der Waals surface area contributed by atoms with E-state index in [0.29, 0.717) is 30.9 Å². The van der Waals surface area contributed by atoms with E-state index >= 15 is 0 Å². The van der Waals surface area contributed by atoms with Crippen molar-refractivity contribution < 1.29 is 43.9 Å². The zero-order chi connectivity index (χ0) is 29.1.